The van der Waals surface area contributed by atoms with E-state index < -0.39 is 0 Å². The van der Waals surface area contributed by atoms with E-state index in [-0.39, 0.29) is 5.41 Å². The molecular formula is C40H62N2. The highest BCUT2D eigenvalue weighted by atomic mass is 15.1. The lowest BCUT2D eigenvalue weighted by atomic mass is 9.66. The Bertz CT molecular complexity index is 1040. The van der Waals surface area contributed by atoms with Crippen molar-refractivity contribution in [3.63, 3.8) is 0 Å². The Morgan fingerprint density at radius 1 is 0.619 bits per heavy atom. The Morgan fingerprint density at radius 3 is 1.69 bits per heavy atom. The second-order valence-corrected chi connectivity index (χ2v) is 13.1. The van der Waals surface area contributed by atoms with E-state index in [0.717, 1.165) is 13.0 Å². The van der Waals surface area contributed by atoms with Crippen molar-refractivity contribution >= 4 is 0 Å². The van der Waals surface area contributed by atoms with Gasteiger partial charge in [-0.3, -0.25) is 0 Å². The molecule has 1 heterocycles. The third-order valence-electron chi connectivity index (χ3n) is 9.52. The number of benzene rings is 2. The van der Waals surface area contributed by atoms with Crippen LogP contribution in [0.4, 0.5) is 0 Å². The van der Waals surface area contributed by atoms with Gasteiger partial charge in [-0.15, -0.1) is 0 Å². The van der Waals surface area contributed by atoms with Crippen molar-refractivity contribution in [2.75, 3.05) is 0 Å². The summed E-state index contributed by atoms with van der Waals surface area (Å²) in [5.41, 5.74) is 2.83. The molecule has 1 aromatic heterocycles. The van der Waals surface area contributed by atoms with Gasteiger partial charge >= 0.3 is 0 Å². The minimum atomic E-state index is -0.0199. The second kappa shape index (κ2) is 20.5. The van der Waals surface area contributed by atoms with Crippen LogP contribution in [0.2, 0.25) is 0 Å². The molecule has 2 aromatic carbocycles. The lowest BCUT2D eigenvalue weighted by molar-refractivity contribution is 0.322. The van der Waals surface area contributed by atoms with E-state index in [9.17, 15) is 0 Å². The fourth-order valence-electron chi connectivity index (χ4n) is 6.89. The highest BCUT2D eigenvalue weighted by Crippen LogP contribution is 2.44. The lowest BCUT2D eigenvalue weighted by Gasteiger charge is -2.39. The molecule has 42 heavy (non-hydrogen) atoms. The SMILES string of the molecule is CCCCCCCCCCCCCCCn1ccnc1C(CCCCCC)C(C)(Cc1ccccc1)c1ccccc1. The summed E-state index contributed by atoms with van der Waals surface area (Å²) < 4.78 is 2.51. The van der Waals surface area contributed by atoms with Crippen molar-refractivity contribution in [3.05, 3.63) is 90.0 Å². The first-order valence-electron chi connectivity index (χ1n) is 17.8. The van der Waals surface area contributed by atoms with Crippen LogP contribution in [0.3, 0.4) is 0 Å². The van der Waals surface area contributed by atoms with E-state index in [1.54, 1.807) is 0 Å². The van der Waals surface area contributed by atoms with Gasteiger partial charge in [0.1, 0.15) is 5.82 Å². The van der Waals surface area contributed by atoms with Crippen LogP contribution in [0.1, 0.15) is 159 Å². The maximum Gasteiger partial charge on any atom is 0.112 e. The number of unbranched alkanes of at least 4 members (excludes halogenated alkanes) is 15. The average Bonchev–Trinajstić information content (AvgIpc) is 3.48. The number of nitrogens with zero attached hydrogens (tertiary/aromatic N) is 2. The summed E-state index contributed by atoms with van der Waals surface area (Å²) in [6.07, 6.45) is 29.9. The first-order chi connectivity index (χ1) is 20.7. The fraction of sp³-hybridized carbons (Fsp3) is 0.625. The Hall–Kier alpha value is -2.35. The quantitative estimate of drug-likeness (QED) is 0.0979. The van der Waals surface area contributed by atoms with Gasteiger partial charge in [-0.2, -0.15) is 0 Å². The average molecular weight is 571 g/mol. The number of rotatable bonds is 24. The second-order valence-electron chi connectivity index (χ2n) is 13.1. The van der Waals surface area contributed by atoms with Gasteiger partial charge < -0.3 is 4.57 Å². The van der Waals surface area contributed by atoms with Crippen molar-refractivity contribution < 1.29 is 0 Å². The van der Waals surface area contributed by atoms with E-state index in [1.807, 2.05) is 0 Å². The van der Waals surface area contributed by atoms with Gasteiger partial charge in [0.05, 0.1) is 0 Å². The fourth-order valence-corrected chi connectivity index (χ4v) is 6.89. The van der Waals surface area contributed by atoms with Crippen molar-refractivity contribution in [1.29, 1.82) is 0 Å². The summed E-state index contributed by atoms with van der Waals surface area (Å²) >= 11 is 0. The Kier molecular flexibility index (Phi) is 16.7. The molecule has 0 N–H and O–H groups in total. The summed E-state index contributed by atoms with van der Waals surface area (Å²) in [5, 5.41) is 0. The smallest absolute Gasteiger partial charge is 0.112 e. The van der Waals surface area contributed by atoms with Crippen molar-refractivity contribution in [1.82, 2.24) is 9.55 Å². The van der Waals surface area contributed by atoms with Crippen LogP contribution in [-0.2, 0) is 18.4 Å². The summed E-state index contributed by atoms with van der Waals surface area (Å²) in [4.78, 5) is 5.09. The predicted molar refractivity (Wildman–Crippen MR) is 183 cm³/mol. The molecule has 0 amide bonds. The first-order valence-corrected chi connectivity index (χ1v) is 17.8. The van der Waals surface area contributed by atoms with Crippen LogP contribution in [0.5, 0.6) is 0 Å². The van der Waals surface area contributed by atoms with Crippen LogP contribution >= 0.6 is 0 Å². The van der Waals surface area contributed by atoms with Gasteiger partial charge in [0.15, 0.2) is 0 Å². The number of hydrogen-bond acceptors (Lipinski definition) is 1. The predicted octanol–water partition coefficient (Wildman–Crippen LogP) is 12.2. The molecule has 0 saturated heterocycles. The molecule has 232 valence electrons. The van der Waals surface area contributed by atoms with E-state index >= 15 is 0 Å². The van der Waals surface area contributed by atoms with E-state index in [1.165, 1.54) is 133 Å². The van der Waals surface area contributed by atoms with Gasteiger partial charge in [-0.25, -0.2) is 4.98 Å². The van der Waals surface area contributed by atoms with E-state index in [0.29, 0.717) is 5.92 Å². The number of aryl methyl sites for hydroxylation is 1. The van der Waals surface area contributed by atoms with E-state index in [2.05, 4.69) is 98.4 Å². The molecule has 2 atom stereocenters. The van der Waals surface area contributed by atoms with Crippen LogP contribution in [0.25, 0.3) is 0 Å². The Labute approximate surface area is 259 Å². The van der Waals surface area contributed by atoms with Gasteiger partial charge in [0.25, 0.3) is 0 Å². The van der Waals surface area contributed by atoms with Gasteiger partial charge in [-0.05, 0) is 30.4 Å². The number of hydrogen-bond donors (Lipinski definition) is 0. The van der Waals surface area contributed by atoms with Crippen molar-refractivity contribution in [2.45, 2.75) is 161 Å². The summed E-state index contributed by atoms with van der Waals surface area (Å²) in [6.45, 7) is 8.21. The maximum absolute atomic E-state index is 5.09. The van der Waals surface area contributed by atoms with Gasteiger partial charge in [0, 0.05) is 30.3 Å². The highest BCUT2D eigenvalue weighted by Gasteiger charge is 2.39. The molecule has 3 aromatic rings. The molecule has 0 radical (unpaired) electrons. The molecule has 0 bridgehead atoms. The first kappa shape index (κ1) is 34.1. The van der Waals surface area contributed by atoms with Crippen LogP contribution < -0.4 is 0 Å². The minimum Gasteiger partial charge on any atom is -0.335 e. The lowest BCUT2D eigenvalue weighted by Crippen LogP contribution is -2.35. The summed E-state index contributed by atoms with van der Waals surface area (Å²) in [5.74, 6) is 1.68. The third kappa shape index (κ3) is 11.7. The molecule has 3 rings (SSSR count). The normalized spacial score (nSPS) is 13.7. The molecule has 0 fully saturated rings. The monoisotopic (exact) mass is 570 g/mol. The molecule has 2 nitrogen and oxygen atoms in total. The van der Waals surface area contributed by atoms with Crippen molar-refractivity contribution in [3.8, 4) is 0 Å². The molecule has 0 aliphatic rings. The zero-order valence-electron chi connectivity index (χ0n) is 27.5. The molecular weight excluding hydrogens is 508 g/mol. The molecule has 2 unspecified atom stereocenters. The Morgan fingerprint density at radius 2 is 1.12 bits per heavy atom. The zero-order valence-corrected chi connectivity index (χ0v) is 27.5. The third-order valence-corrected chi connectivity index (χ3v) is 9.52. The largest absolute Gasteiger partial charge is 0.335 e. The molecule has 0 saturated carbocycles. The molecule has 2 heteroatoms. The zero-order chi connectivity index (χ0) is 29.7. The molecule has 0 aliphatic heterocycles. The molecule has 0 spiro atoms. The Balaban J connectivity index is 1.60. The minimum absolute atomic E-state index is 0.0199. The summed E-state index contributed by atoms with van der Waals surface area (Å²) in [7, 11) is 0. The van der Waals surface area contributed by atoms with Crippen molar-refractivity contribution in [2.24, 2.45) is 0 Å². The van der Waals surface area contributed by atoms with Gasteiger partial charge in [-0.1, -0.05) is 184 Å². The topological polar surface area (TPSA) is 17.8 Å². The number of aromatic nitrogens is 2. The van der Waals surface area contributed by atoms with Crippen LogP contribution in [0.15, 0.2) is 73.1 Å². The summed E-state index contributed by atoms with van der Waals surface area (Å²) in [6, 6.07) is 22.4. The van der Waals surface area contributed by atoms with Gasteiger partial charge in [0.2, 0.25) is 0 Å². The maximum atomic E-state index is 5.09. The highest BCUT2D eigenvalue weighted by molar-refractivity contribution is 5.33. The standard InChI is InChI=1S/C40H62N2/c1-4-6-8-10-11-12-13-14-15-16-17-18-26-33-42-34-32-41-39(42)38(31-25-9-7-5-2)40(3,37-29-23-20-24-30-37)35-36-27-21-19-22-28-36/h19-24,27-30,32,34,38H,4-18,25-26,31,33,35H2,1-3H3. The van der Waals surface area contributed by atoms with Crippen LogP contribution in [-0.4, -0.2) is 9.55 Å². The number of imidazole rings is 1. The van der Waals surface area contributed by atoms with Crippen LogP contribution in [0, 0.1) is 0 Å². The van der Waals surface area contributed by atoms with E-state index in [4.69, 9.17) is 4.98 Å². The molecule has 0 aliphatic carbocycles.